The molecule has 1 aliphatic heterocycles. The Kier molecular flexibility index (Phi) is 5.79. The molecule has 0 aromatic heterocycles. The third-order valence-corrected chi connectivity index (χ3v) is 5.34. The Balaban J connectivity index is 1.24. The molecule has 2 aromatic rings. The highest BCUT2D eigenvalue weighted by Crippen LogP contribution is 2.47. The second-order valence-corrected chi connectivity index (χ2v) is 7.50. The van der Waals surface area contributed by atoms with Crippen LogP contribution >= 0.6 is 0 Å². The van der Waals surface area contributed by atoms with E-state index in [4.69, 9.17) is 18.9 Å². The van der Waals surface area contributed by atoms with Crippen molar-refractivity contribution in [2.75, 3.05) is 19.0 Å². The monoisotopic (exact) mass is 411 g/mol. The van der Waals surface area contributed by atoms with Gasteiger partial charge in [0.1, 0.15) is 5.75 Å². The number of fused-ring (bicyclic) bond motifs is 1. The van der Waals surface area contributed by atoms with Gasteiger partial charge >= 0.3 is 5.97 Å². The minimum absolute atomic E-state index is 0.166. The third kappa shape index (κ3) is 4.50. The lowest BCUT2D eigenvalue weighted by Gasteiger charge is -2.21. The third-order valence-electron chi connectivity index (χ3n) is 5.34. The molecular formula is C23H25NO6. The van der Waals surface area contributed by atoms with Crippen LogP contribution in [0.5, 0.6) is 17.2 Å². The predicted octanol–water partition coefficient (Wildman–Crippen LogP) is 3.85. The molecule has 2 aliphatic rings. The van der Waals surface area contributed by atoms with Crippen LogP contribution in [-0.2, 0) is 20.7 Å². The summed E-state index contributed by atoms with van der Waals surface area (Å²) >= 11 is 0. The number of carbonyl (C=O) groups is 2. The van der Waals surface area contributed by atoms with Gasteiger partial charge in [0.2, 0.25) is 0 Å². The number of ether oxygens (including phenoxy) is 4. The number of amides is 1. The van der Waals surface area contributed by atoms with E-state index in [0.29, 0.717) is 23.6 Å². The summed E-state index contributed by atoms with van der Waals surface area (Å²) in [5.41, 5.74) is 1.49. The Hall–Kier alpha value is -3.22. The number of para-hydroxylation sites is 1. The van der Waals surface area contributed by atoms with Crippen molar-refractivity contribution in [1.29, 1.82) is 0 Å². The molecule has 7 nitrogen and oxygen atoms in total. The molecule has 158 valence electrons. The SMILES string of the molecule is COc1ccccc1CCC(=O)OCC(=O)Nc1ccc2c(c1)OC1(CCCC1)O2. The maximum absolute atomic E-state index is 12.2. The van der Waals surface area contributed by atoms with E-state index in [1.54, 1.807) is 25.3 Å². The van der Waals surface area contributed by atoms with E-state index in [1.165, 1.54) is 0 Å². The lowest BCUT2D eigenvalue weighted by atomic mass is 10.1. The Labute approximate surface area is 175 Å². The van der Waals surface area contributed by atoms with Crippen LogP contribution < -0.4 is 19.5 Å². The molecule has 1 heterocycles. The summed E-state index contributed by atoms with van der Waals surface area (Å²) in [6, 6.07) is 12.8. The first-order valence-corrected chi connectivity index (χ1v) is 10.2. The highest BCUT2D eigenvalue weighted by molar-refractivity contribution is 5.93. The number of esters is 1. The van der Waals surface area contributed by atoms with Crippen molar-refractivity contribution in [1.82, 2.24) is 0 Å². The topological polar surface area (TPSA) is 83.1 Å². The molecule has 0 radical (unpaired) electrons. The summed E-state index contributed by atoms with van der Waals surface area (Å²) in [6.07, 6.45) is 4.55. The number of hydrogen-bond acceptors (Lipinski definition) is 6. The van der Waals surface area contributed by atoms with Crippen LogP contribution in [0.3, 0.4) is 0 Å². The fourth-order valence-electron chi connectivity index (χ4n) is 3.85. The zero-order valence-electron chi connectivity index (χ0n) is 16.9. The van der Waals surface area contributed by atoms with Gasteiger partial charge in [-0.15, -0.1) is 0 Å². The number of methoxy groups -OCH3 is 1. The van der Waals surface area contributed by atoms with Gasteiger partial charge in [0.05, 0.1) is 7.11 Å². The van der Waals surface area contributed by atoms with Crippen LogP contribution in [0, 0.1) is 0 Å². The van der Waals surface area contributed by atoms with Crippen molar-refractivity contribution in [2.45, 2.75) is 44.3 Å². The van der Waals surface area contributed by atoms with E-state index in [9.17, 15) is 9.59 Å². The number of carbonyl (C=O) groups excluding carboxylic acids is 2. The van der Waals surface area contributed by atoms with Crippen LogP contribution in [0.15, 0.2) is 42.5 Å². The molecule has 1 saturated carbocycles. The molecular weight excluding hydrogens is 386 g/mol. The first-order chi connectivity index (χ1) is 14.6. The van der Waals surface area contributed by atoms with E-state index in [1.807, 2.05) is 24.3 Å². The highest BCUT2D eigenvalue weighted by Gasteiger charge is 2.44. The number of hydrogen-bond donors (Lipinski definition) is 1. The lowest BCUT2D eigenvalue weighted by Crippen LogP contribution is -2.34. The molecule has 0 bridgehead atoms. The van der Waals surface area contributed by atoms with Crippen molar-refractivity contribution < 1.29 is 28.5 Å². The van der Waals surface area contributed by atoms with Gasteiger partial charge in [-0.3, -0.25) is 9.59 Å². The Morgan fingerprint density at radius 3 is 2.63 bits per heavy atom. The van der Waals surface area contributed by atoms with Crippen molar-refractivity contribution in [3.63, 3.8) is 0 Å². The zero-order valence-corrected chi connectivity index (χ0v) is 16.9. The minimum Gasteiger partial charge on any atom is -0.496 e. The summed E-state index contributed by atoms with van der Waals surface area (Å²) < 4.78 is 22.3. The van der Waals surface area contributed by atoms with Gasteiger partial charge in [0.25, 0.3) is 11.7 Å². The van der Waals surface area contributed by atoms with Crippen LogP contribution in [0.1, 0.15) is 37.7 Å². The lowest BCUT2D eigenvalue weighted by molar-refractivity contribution is -0.147. The largest absolute Gasteiger partial charge is 0.496 e. The van der Waals surface area contributed by atoms with Gasteiger partial charge in [-0.25, -0.2) is 0 Å². The maximum Gasteiger partial charge on any atom is 0.306 e. The van der Waals surface area contributed by atoms with E-state index >= 15 is 0 Å². The average Bonchev–Trinajstić information content (AvgIpc) is 3.36. The molecule has 30 heavy (non-hydrogen) atoms. The molecule has 2 aromatic carbocycles. The smallest absolute Gasteiger partial charge is 0.306 e. The van der Waals surface area contributed by atoms with Crippen molar-refractivity contribution in [2.24, 2.45) is 0 Å². The number of rotatable bonds is 7. The molecule has 1 aliphatic carbocycles. The van der Waals surface area contributed by atoms with Gasteiger partial charge in [0.15, 0.2) is 18.1 Å². The highest BCUT2D eigenvalue weighted by atomic mass is 16.7. The first-order valence-electron chi connectivity index (χ1n) is 10.2. The Bertz CT molecular complexity index is 935. The Morgan fingerprint density at radius 2 is 1.83 bits per heavy atom. The fourth-order valence-corrected chi connectivity index (χ4v) is 3.85. The predicted molar refractivity (Wildman–Crippen MR) is 110 cm³/mol. The van der Waals surface area contributed by atoms with Crippen LogP contribution in [0.25, 0.3) is 0 Å². The van der Waals surface area contributed by atoms with Crippen LogP contribution in [0.4, 0.5) is 5.69 Å². The number of anilines is 1. The summed E-state index contributed by atoms with van der Waals surface area (Å²) in [5.74, 6) is 0.661. The average molecular weight is 411 g/mol. The molecule has 4 rings (SSSR count). The van der Waals surface area contributed by atoms with E-state index in [2.05, 4.69) is 5.32 Å². The molecule has 1 fully saturated rings. The summed E-state index contributed by atoms with van der Waals surface area (Å²) in [4.78, 5) is 24.2. The van der Waals surface area contributed by atoms with Gasteiger partial charge in [0, 0.05) is 31.0 Å². The van der Waals surface area contributed by atoms with E-state index < -0.39 is 17.7 Å². The molecule has 0 unspecified atom stereocenters. The van der Waals surface area contributed by atoms with Crippen molar-refractivity contribution in [3.05, 3.63) is 48.0 Å². The molecule has 1 amide bonds. The fraction of sp³-hybridized carbons (Fsp3) is 0.391. The van der Waals surface area contributed by atoms with Gasteiger partial charge in [-0.2, -0.15) is 0 Å². The normalized spacial score (nSPS) is 15.8. The number of nitrogens with one attached hydrogen (secondary N) is 1. The second-order valence-electron chi connectivity index (χ2n) is 7.50. The Morgan fingerprint density at radius 1 is 1.07 bits per heavy atom. The minimum atomic E-state index is -0.540. The van der Waals surface area contributed by atoms with Crippen LogP contribution in [-0.4, -0.2) is 31.4 Å². The molecule has 1 N–H and O–H groups in total. The number of benzene rings is 2. The molecule has 0 atom stereocenters. The van der Waals surface area contributed by atoms with E-state index in [-0.39, 0.29) is 13.0 Å². The number of aryl methyl sites for hydroxylation is 1. The summed E-state index contributed by atoms with van der Waals surface area (Å²) in [5, 5.41) is 2.73. The summed E-state index contributed by atoms with van der Waals surface area (Å²) in [7, 11) is 1.59. The first kappa shape index (κ1) is 20.1. The molecule has 0 saturated heterocycles. The standard InChI is InChI=1S/C23H25NO6/c1-27-18-7-3-2-6-16(18)8-11-22(26)28-15-21(25)24-17-9-10-19-20(14-17)30-23(29-19)12-4-5-13-23/h2-3,6-7,9-10,14H,4-5,8,11-13,15H2,1H3,(H,24,25). The van der Waals surface area contributed by atoms with Crippen molar-refractivity contribution >= 4 is 17.6 Å². The van der Waals surface area contributed by atoms with Gasteiger partial charge in [-0.05, 0) is 43.0 Å². The van der Waals surface area contributed by atoms with E-state index in [0.717, 1.165) is 37.0 Å². The molecule has 7 heteroatoms. The summed E-state index contributed by atoms with van der Waals surface area (Å²) in [6.45, 7) is -0.344. The quantitative estimate of drug-likeness (QED) is 0.697. The zero-order chi connectivity index (χ0) is 21.0. The molecule has 1 spiro atoms. The van der Waals surface area contributed by atoms with Crippen molar-refractivity contribution in [3.8, 4) is 17.2 Å². The maximum atomic E-state index is 12.2. The van der Waals surface area contributed by atoms with Gasteiger partial charge < -0.3 is 24.3 Å². The van der Waals surface area contributed by atoms with Crippen LogP contribution in [0.2, 0.25) is 0 Å². The van der Waals surface area contributed by atoms with Gasteiger partial charge in [-0.1, -0.05) is 18.2 Å². The second kappa shape index (κ2) is 8.65.